The number of fused-ring (bicyclic) bond motifs is 1. The molecule has 0 saturated heterocycles. The number of hydrogen-bond donors (Lipinski definition) is 5. The SMILES string of the molecule is CCN(CC)c1ccc(/C=C/C2=[N+](C)c3ccccc3C2(C)CC)c(O)c1.N#Cc1[n-]c(=NN=C2C=CC(=O)C=C2O)[nH]c1C#N.[C-]#[N+]c1[n-]c(=NN=C2C=CC(=O)C=C2O)[nH]c1[N+]#[C-].[Co]. The van der Waals surface area contributed by atoms with Crippen LogP contribution in [0.25, 0.3) is 15.8 Å². The van der Waals surface area contributed by atoms with E-state index in [0.29, 0.717) is 5.75 Å². The van der Waals surface area contributed by atoms with Crippen molar-refractivity contribution >= 4 is 57.8 Å². The van der Waals surface area contributed by atoms with Crippen LogP contribution in [-0.4, -0.2) is 78.7 Å². The molecule has 5 N–H and O–H groups in total. The quantitative estimate of drug-likeness (QED) is 0.0613. The van der Waals surface area contributed by atoms with Crippen LogP contribution in [0.15, 0.2) is 117 Å². The summed E-state index contributed by atoms with van der Waals surface area (Å²) in [6.07, 6.45) is 12.3. The normalized spacial score (nSPS) is 17.7. The summed E-state index contributed by atoms with van der Waals surface area (Å²) < 4.78 is 2.27. The van der Waals surface area contributed by atoms with Crippen molar-refractivity contribution in [3.63, 3.8) is 0 Å². The number of phenolic OH excluding ortho intramolecular Hbond substituents is 1. The molecule has 2 aromatic heterocycles. The number of ketones is 2. The number of aromatic amines is 2. The summed E-state index contributed by atoms with van der Waals surface area (Å²) >= 11 is 0. The summed E-state index contributed by atoms with van der Waals surface area (Å²) in [6, 6.07) is 18.1. The van der Waals surface area contributed by atoms with E-state index in [-0.39, 0.29) is 91.0 Å². The number of aromatic nitrogens is 4. The molecule has 66 heavy (non-hydrogen) atoms. The molecule has 19 nitrogen and oxygen atoms in total. The van der Waals surface area contributed by atoms with E-state index < -0.39 is 0 Å². The molecule has 2 aromatic carbocycles. The van der Waals surface area contributed by atoms with Gasteiger partial charge in [0.1, 0.15) is 47.9 Å². The van der Waals surface area contributed by atoms with Gasteiger partial charge in [0.05, 0.1) is 22.6 Å². The molecule has 4 aromatic rings. The van der Waals surface area contributed by atoms with Gasteiger partial charge in [0, 0.05) is 82.7 Å². The van der Waals surface area contributed by atoms with Gasteiger partial charge >= 0.3 is 5.62 Å². The summed E-state index contributed by atoms with van der Waals surface area (Å²) in [6.45, 7) is 24.3. The van der Waals surface area contributed by atoms with Crippen molar-refractivity contribution in [2.24, 2.45) is 20.4 Å². The third-order valence-electron chi connectivity index (χ3n) is 10.2. The Hall–Kier alpha value is -8.82. The smallest absolute Gasteiger partial charge is 0.304 e. The second kappa shape index (κ2) is 22.5. The van der Waals surface area contributed by atoms with Gasteiger partial charge in [-0.3, -0.25) is 24.7 Å². The second-order valence-corrected chi connectivity index (χ2v) is 14.1. The number of H-pyrrole nitrogens is 2. The number of carbonyl (C=O) groups is 2. The fourth-order valence-electron chi connectivity index (χ4n) is 6.66. The number of para-hydroxylation sites is 1. The van der Waals surface area contributed by atoms with E-state index in [1.54, 1.807) is 12.1 Å². The largest absolute Gasteiger partial charge is 0.560 e. The number of rotatable bonds is 8. The van der Waals surface area contributed by atoms with Gasteiger partial charge in [0.2, 0.25) is 11.5 Å². The fourth-order valence-corrected chi connectivity index (χ4v) is 6.66. The van der Waals surface area contributed by atoms with Crippen LogP contribution >= 0.6 is 0 Å². The molecule has 2 aliphatic carbocycles. The number of nitrogens with zero attached hydrogens (tertiary/aromatic N) is 12. The number of aliphatic hydroxyl groups excluding tert-OH is 2. The summed E-state index contributed by atoms with van der Waals surface area (Å²) in [4.78, 5) is 42.6. The van der Waals surface area contributed by atoms with Crippen molar-refractivity contribution in [2.75, 3.05) is 25.0 Å². The number of hydrogen-bond acceptors (Lipinski definition) is 12. The van der Waals surface area contributed by atoms with Gasteiger partial charge in [0.15, 0.2) is 17.3 Å². The molecule has 335 valence electrons. The van der Waals surface area contributed by atoms with E-state index in [1.807, 2.05) is 18.2 Å². The Morgan fingerprint density at radius 1 is 0.833 bits per heavy atom. The van der Waals surface area contributed by atoms with Crippen molar-refractivity contribution in [1.82, 2.24) is 19.9 Å². The van der Waals surface area contributed by atoms with Crippen LogP contribution in [0.4, 0.5) is 23.0 Å². The Balaban J connectivity index is 0.000000220. The number of nitriles is 2. The van der Waals surface area contributed by atoms with Gasteiger partial charge in [-0.2, -0.15) is 15.1 Å². The van der Waals surface area contributed by atoms with Gasteiger partial charge in [-0.05, 0) is 69.7 Å². The molecular formula is C46H41CoN14O5-. The molecule has 20 heteroatoms. The third kappa shape index (κ3) is 11.4. The molecule has 1 aliphatic heterocycles. The molecule has 0 saturated carbocycles. The minimum Gasteiger partial charge on any atom is -0.560 e. The van der Waals surface area contributed by atoms with Gasteiger partial charge in [0.25, 0.3) is 0 Å². The Morgan fingerprint density at radius 3 is 1.92 bits per heavy atom. The van der Waals surface area contributed by atoms with Crippen molar-refractivity contribution in [1.29, 1.82) is 10.5 Å². The third-order valence-corrected chi connectivity index (χ3v) is 10.2. The van der Waals surface area contributed by atoms with E-state index in [0.717, 1.165) is 42.9 Å². The maximum atomic E-state index is 10.9. The first-order valence-electron chi connectivity index (χ1n) is 19.8. The summed E-state index contributed by atoms with van der Waals surface area (Å²) in [5, 5.41) is 61.4. The number of aliphatic hydroxyl groups is 2. The number of aromatic hydroxyl groups is 1. The number of phenols is 1. The molecule has 1 radical (unpaired) electrons. The average Bonchev–Trinajstić information content (AvgIpc) is 3.98. The fraction of sp³-hybridized carbons (Fsp3) is 0.196. The van der Waals surface area contributed by atoms with Gasteiger partial charge in [-0.15, -0.1) is 5.10 Å². The Labute approximate surface area is 389 Å². The van der Waals surface area contributed by atoms with Crippen LogP contribution in [0.2, 0.25) is 0 Å². The van der Waals surface area contributed by atoms with Crippen molar-refractivity contribution in [3.8, 4) is 17.9 Å². The maximum absolute atomic E-state index is 10.9. The molecule has 1 unspecified atom stereocenters. The number of nitrogens with one attached hydrogen (secondary N) is 2. The van der Waals surface area contributed by atoms with E-state index in [1.165, 1.54) is 41.3 Å². The van der Waals surface area contributed by atoms with E-state index in [4.69, 9.17) is 23.7 Å². The van der Waals surface area contributed by atoms with Gasteiger partial charge in [-0.25, -0.2) is 11.7 Å². The molecule has 0 amide bonds. The van der Waals surface area contributed by atoms with Gasteiger partial charge < -0.3 is 39.9 Å². The zero-order valence-electron chi connectivity index (χ0n) is 36.1. The van der Waals surface area contributed by atoms with E-state index in [9.17, 15) is 24.9 Å². The monoisotopic (exact) mass is 928 g/mol. The Bertz CT molecular complexity index is 2910. The molecule has 0 fully saturated rings. The molecule has 1 atom stereocenters. The Kier molecular flexibility index (Phi) is 17.0. The van der Waals surface area contributed by atoms with Crippen LogP contribution in [-0.2, 0) is 31.8 Å². The van der Waals surface area contributed by atoms with Crippen LogP contribution in [0.3, 0.4) is 0 Å². The molecular weight excluding hydrogens is 888 g/mol. The van der Waals surface area contributed by atoms with Crippen molar-refractivity contribution in [3.05, 3.63) is 153 Å². The zero-order chi connectivity index (χ0) is 47.3. The van der Waals surface area contributed by atoms with Crippen LogP contribution < -0.4 is 26.1 Å². The molecule has 0 bridgehead atoms. The second-order valence-electron chi connectivity index (χ2n) is 14.1. The number of allylic oxidation sites excluding steroid dienone is 7. The van der Waals surface area contributed by atoms with Gasteiger partial charge in [-0.1, -0.05) is 36.8 Å². The number of carbonyl (C=O) groups excluding carboxylic acids is 2. The first-order chi connectivity index (χ1) is 31.2. The average molecular weight is 929 g/mol. The first kappa shape index (κ1) is 49.8. The standard InChI is InChI=1S/C24H30N2O.2C11H6N6O2.Co/c1-6-24(4)20-11-9-10-12-21(20)25(5)23(24)16-14-18-13-15-19(17-22(18)27)26(7-2)8-3;1-12-9-10(13-2)15-11(14-9)17-16-7-4-3-6(18)5-8(7)19;12-4-8-9(5-13)15-11(14-8)17-16-7-2-1-6(18)3-10(7)19;/h9-17H,6-8H2,1-5H3;3-5H,(H3,14,15,16,17,18,19);1-3H,(H3,14,15,16,17,18,19);/p-1. The van der Waals surface area contributed by atoms with E-state index >= 15 is 0 Å². The Morgan fingerprint density at radius 2 is 1.44 bits per heavy atom. The minimum atomic E-state index is -0.354. The number of imidazole rings is 2. The summed E-state index contributed by atoms with van der Waals surface area (Å²) in [7, 11) is 2.13. The van der Waals surface area contributed by atoms with E-state index in [2.05, 4.69) is 131 Å². The van der Waals surface area contributed by atoms with Crippen LogP contribution in [0, 0.1) is 35.8 Å². The van der Waals surface area contributed by atoms with Crippen LogP contribution in [0.1, 0.15) is 56.6 Å². The zero-order valence-corrected chi connectivity index (χ0v) is 37.2. The first-order valence-corrected chi connectivity index (χ1v) is 19.8. The molecule has 7 rings (SSSR count). The molecule has 0 spiro atoms. The van der Waals surface area contributed by atoms with Crippen molar-refractivity contribution < 1.29 is 46.3 Å². The summed E-state index contributed by atoms with van der Waals surface area (Å²) in [5.74, 6) is -1.12. The number of anilines is 1. The molecule has 3 heterocycles. The van der Waals surface area contributed by atoms with Crippen molar-refractivity contribution in [2.45, 2.75) is 39.5 Å². The maximum Gasteiger partial charge on any atom is 0.304 e. The summed E-state index contributed by atoms with van der Waals surface area (Å²) in [5.41, 5.74) is 5.79. The molecule has 3 aliphatic rings. The number of benzene rings is 2. The topological polar surface area (TPSA) is 267 Å². The van der Waals surface area contributed by atoms with Crippen LogP contribution in [0.5, 0.6) is 5.75 Å². The predicted molar refractivity (Wildman–Crippen MR) is 242 cm³/mol. The predicted octanol–water partition coefficient (Wildman–Crippen LogP) is 5.81. The minimum absolute atomic E-state index is 0.